The van der Waals surface area contributed by atoms with Crippen LogP contribution in [0.2, 0.25) is 0 Å². The van der Waals surface area contributed by atoms with Crippen LogP contribution in [-0.4, -0.2) is 58.3 Å². The van der Waals surface area contributed by atoms with E-state index in [0.29, 0.717) is 13.0 Å². The van der Waals surface area contributed by atoms with Crippen molar-refractivity contribution in [2.75, 3.05) is 33.9 Å². The van der Waals surface area contributed by atoms with Gasteiger partial charge in [-0.2, -0.15) is 4.31 Å². The molecule has 0 bridgehead atoms. The van der Waals surface area contributed by atoms with Crippen LogP contribution in [0.4, 0.5) is 4.39 Å². The van der Waals surface area contributed by atoms with Gasteiger partial charge >= 0.3 is 0 Å². The molecular formula is C15H20FNO5S. The second-order valence-electron chi connectivity index (χ2n) is 5.95. The van der Waals surface area contributed by atoms with Crippen LogP contribution in [0.5, 0.6) is 5.75 Å². The fourth-order valence-corrected chi connectivity index (χ4v) is 4.73. The van der Waals surface area contributed by atoms with Gasteiger partial charge in [-0.25, -0.2) is 12.8 Å². The maximum Gasteiger partial charge on any atom is 0.243 e. The summed E-state index contributed by atoms with van der Waals surface area (Å²) in [7, 11) is -0.751. The van der Waals surface area contributed by atoms with Crippen molar-refractivity contribution in [2.45, 2.75) is 29.4 Å². The molecule has 23 heavy (non-hydrogen) atoms. The van der Waals surface area contributed by atoms with E-state index in [1.807, 2.05) is 0 Å². The van der Waals surface area contributed by atoms with Crippen LogP contribution in [0.1, 0.15) is 12.8 Å². The zero-order valence-corrected chi connectivity index (χ0v) is 13.9. The summed E-state index contributed by atoms with van der Waals surface area (Å²) in [6.45, 7) is 1.09. The van der Waals surface area contributed by atoms with Gasteiger partial charge in [-0.05, 0) is 24.6 Å². The van der Waals surface area contributed by atoms with Crippen LogP contribution in [0.15, 0.2) is 23.1 Å². The molecule has 1 aromatic rings. The molecule has 1 aromatic carbocycles. The number of rotatable bonds is 4. The van der Waals surface area contributed by atoms with E-state index in [9.17, 15) is 12.8 Å². The van der Waals surface area contributed by atoms with E-state index >= 15 is 0 Å². The normalized spacial score (nSPS) is 24.4. The molecule has 1 atom stereocenters. The molecule has 6 nitrogen and oxygen atoms in total. The Balaban J connectivity index is 1.74. The number of methoxy groups -OCH3 is 2. The fourth-order valence-electron chi connectivity index (χ4n) is 3.13. The van der Waals surface area contributed by atoms with Gasteiger partial charge in [0.2, 0.25) is 10.0 Å². The van der Waals surface area contributed by atoms with Crippen molar-refractivity contribution >= 4 is 10.0 Å². The van der Waals surface area contributed by atoms with Gasteiger partial charge in [0.05, 0.1) is 23.7 Å². The Bertz CT molecular complexity index is 687. The summed E-state index contributed by atoms with van der Waals surface area (Å²) in [6, 6.07) is 3.65. The van der Waals surface area contributed by atoms with Crippen LogP contribution >= 0.6 is 0 Å². The van der Waals surface area contributed by atoms with Gasteiger partial charge in [-0.15, -0.1) is 0 Å². The Morgan fingerprint density at radius 1 is 1.35 bits per heavy atom. The molecule has 0 N–H and O–H groups in total. The summed E-state index contributed by atoms with van der Waals surface area (Å²) < 4.78 is 56.2. The van der Waals surface area contributed by atoms with Crippen LogP contribution < -0.4 is 4.74 Å². The lowest BCUT2D eigenvalue weighted by atomic mass is 9.86. The van der Waals surface area contributed by atoms with Crippen LogP contribution in [0.3, 0.4) is 0 Å². The first-order valence-electron chi connectivity index (χ1n) is 7.41. The molecule has 1 spiro atoms. The highest BCUT2D eigenvalue weighted by molar-refractivity contribution is 7.89. The van der Waals surface area contributed by atoms with Crippen LogP contribution in [0.25, 0.3) is 0 Å². The van der Waals surface area contributed by atoms with Crippen molar-refractivity contribution in [1.82, 2.24) is 4.31 Å². The number of halogens is 1. The van der Waals surface area contributed by atoms with E-state index in [0.717, 1.165) is 12.5 Å². The second-order valence-corrected chi connectivity index (χ2v) is 7.89. The zero-order valence-electron chi connectivity index (χ0n) is 13.1. The van der Waals surface area contributed by atoms with Gasteiger partial charge in [-0.3, -0.25) is 0 Å². The Hall–Kier alpha value is -1.22. The van der Waals surface area contributed by atoms with E-state index in [1.54, 1.807) is 7.11 Å². The monoisotopic (exact) mass is 345 g/mol. The first-order valence-corrected chi connectivity index (χ1v) is 8.85. The molecule has 0 saturated carbocycles. The van der Waals surface area contributed by atoms with Gasteiger partial charge in [0.15, 0.2) is 11.6 Å². The molecule has 3 rings (SSSR count). The average Bonchev–Trinajstić information content (AvgIpc) is 2.52. The molecule has 2 heterocycles. The third-order valence-corrected chi connectivity index (χ3v) is 6.26. The van der Waals surface area contributed by atoms with E-state index in [4.69, 9.17) is 14.2 Å². The molecule has 128 valence electrons. The standard InChI is InChI=1S/C15H20FNO5S/c1-20-11-5-6-22-15(8-11)9-17(10-15)23(18,19)12-3-4-14(21-2)13(16)7-12/h3-4,7,11H,5-6,8-10H2,1-2H3/t11-/m1/s1. The first kappa shape index (κ1) is 16.6. The minimum atomic E-state index is -3.73. The molecule has 0 aliphatic carbocycles. The smallest absolute Gasteiger partial charge is 0.243 e. The van der Waals surface area contributed by atoms with Crippen LogP contribution in [0, 0.1) is 5.82 Å². The van der Waals surface area contributed by atoms with Gasteiger partial charge in [0.25, 0.3) is 0 Å². The molecular weight excluding hydrogens is 325 g/mol. The largest absolute Gasteiger partial charge is 0.494 e. The SMILES string of the molecule is COc1ccc(S(=O)(=O)N2CC3(C[C@H](OC)CCO3)C2)cc1F. The highest BCUT2D eigenvalue weighted by Crippen LogP contribution is 2.38. The third-order valence-electron chi connectivity index (χ3n) is 4.47. The van der Waals surface area contributed by atoms with Crippen molar-refractivity contribution in [3.63, 3.8) is 0 Å². The van der Waals surface area contributed by atoms with Crippen LogP contribution in [-0.2, 0) is 19.5 Å². The van der Waals surface area contributed by atoms with E-state index in [2.05, 4.69) is 0 Å². The van der Waals surface area contributed by atoms with Gasteiger partial charge in [-0.1, -0.05) is 0 Å². The van der Waals surface area contributed by atoms with Crippen molar-refractivity contribution in [3.05, 3.63) is 24.0 Å². The number of benzene rings is 1. The van der Waals surface area contributed by atoms with E-state index in [1.165, 1.54) is 23.5 Å². The fraction of sp³-hybridized carbons (Fsp3) is 0.600. The second kappa shape index (κ2) is 6.01. The highest BCUT2D eigenvalue weighted by Gasteiger charge is 2.52. The van der Waals surface area contributed by atoms with Gasteiger partial charge in [0, 0.05) is 33.2 Å². The lowest BCUT2D eigenvalue weighted by Crippen LogP contribution is -2.67. The van der Waals surface area contributed by atoms with Crippen molar-refractivity contribution < 1.29 is 27.0 Å². The molecule has 2 saturated heterocycles. The number of sulfonamides is 1. The molecule has 2 aliphatic heterocycles. The number of nitrogens with zero attached hydrogens (tertiary/aromatic N) is 1. The Labute approximate surface area is 135 Å². The Morgan fingerprint density at radius 3 is 2.70 bits per heavy atom. The maximum atomic E-state index is 13.8. The lowest BCUT2D eigenvalue weighted by Gasteiger charge is -2.51. The lowest BCUT2D eigenvalue weighted by molar-refractivity contribution is -0.173. The quantitative estimate of drug-likeness (QED) is 0.825. The van der Waals surface area contributed by atoms with E-state index < -0.39 is 21.4 Å². The molecule has 0 unspecified atom stereocenters. The van der Waals surface area contributed by atoms with Crippen molar-refractivity contribution in [2.24, 2.45) is 0 Å². The minimum absolute atomic E-state index is 0.0163. The number of hydrogen-bond acceptors (Lipinski definition) is 5. The summed E-state index contributed by atoms with van der Waals surface area (Å²) in [5, 5.41) is 0. The number of hydrogen-bond donors (Lipinski definition) is 0. The summed E-state index contributed by atoms with van der Waals surface area (Å²) in [6.07, 6.45) is 1.58. The van der Waals surface area contributed by atoms with Crippen molar-refractivity contribution in [1.29, 1.82) is 0 Å². The summed E-state index contributed by atoms with van der Waals surface area (Å²) in [4.78, 5) is -0.0789. The summed E-state index contributed by atoms with van der Waals surface area (Å²) >= 11 is 0. The molecule has 0 aromatic heterocycles. The van der Waals surface area contributed by atoms with Crippen molar-refractivity contribution in [3.8, 4) is 5.75 Å². The predicted molar refractivity (Wildman–Crippen MR) is 80.4 cm³/mol. The summed E-state index contributed by atoms with van der Waals surface area (Å²) in [5.74, 6) is -0.681. The van der Waals surface area contributed by atoms with E-state index in [-0.39, 0.29) is 29.8 Å². The minimum Gasteiger partial charge on any atom is -0.494 e. The molecule has 8 heteroatoms. The topological polar surface area (TPSA) is 65.1 Å². The summed E-state index contributed by atoms with van der Waals surface area (Å²) in [5.41, 5.74) is -0.475. The molecule has 0 radical (unpaired) electrons. The first-order chi connectivity index (χ1) is 10.9. The molecule has 2 fully saturated rings. The Morgan fingerprint density at radius 2 is 2.09 bits per heavy atom. The molecule has 2 aliphatic rings. The molecule has 0 amide bonds. The van der Waals surface area contributed by atoms with Gasteiger partial charge < -0.3 is 14.2 Å². The van der Waals surface area contributed by atoms with Gasteiger partial charge in [0.1, 0.15) is 0 Å². The number of ether oxygens (including phenoxy) is 3. The highest BCUT2D eigenvalue weighted by atomic mass is 32.2. The Kier molecular flexibility index (Phi) is 4.35. The zero-order chi connectivity index (χ0) is 16.7. The third kappa shape index (κ3) is 2.96. The average molecular weight is 345 g/mol. The predicted octanol–water partition coefficient (Wildman–Crippen LogP) is 1.40. The maximum absolute atomic E-state index is 13.8.